The van der Waals surface area contributed by atoms with Gasteiger partial charge in [-0.1, -0.05) is 133 Å². The molecular formula is C63H38F3N5. The predicted octanol–water partition coefficient (Wildman–Crippen LogP) is 16.9. The van der Waals surface area contributed by atoms with Gasteiger partial charge in [-0.2, -0.15) is 18.4 Å². The number of para-hydroxylation sites is 6. The van der Waals surface area contributed by atoms with E-state index in [0.29, 0.717) is 16.9 Å². The van der Waals surface area contributed by atoms with Crippen molar-refractivity contribution in [1.29, 1.82) is 5.26 Å². The number of hydrogen-bond acceptors (Lipinski definition) is 1. The fourth-order valence-electron chi connectivity index (χ4n) is 11.7. The Morgan fingerprint density at radius 1 is 0.394 bits per heavy atom. The van der Waals surface area contributed by atoms with Crippen LogP contribution in [-0.4, -0.2) is 18.3 Å². The highest BCUT2D eigenvalue weighted by Gasteiger charge is 2.36. The van der Waals surface area contributed by atoms with E-state index in [0.717, 1.165) is 105 Å². The molecule has 0 saturated heterocycles. The number of fused-ring (bicyclic) bond motifs is 14. The Hall–Kier alpha value is -9.32. The number of halogens is 3. The minimum atomic E-state index is -4.70. The highest BCUT2D eigenvalue weighted by Crippen LogP contribution is 2.49. The maximum absolute atomic E-state index is 15.4. The molecule has 336 valence electrons. The third-order valence-electron chi connectivity index (χ3n) is 14.5. The van der Waals surface area contributed by atoms with Crippen LogP contribution in [0.3, 0.4) is 0 Å². The van der Waals surface area contributed by atoms with E-state index in [1.165, 1.54) is 6.07 Å². The number of benzene rings is 10. The SMILES string of the molecule is Cc1cccc(C(F)(F)F)c1-c1cc(-n2c3ccccc3c3ccc4c(c5ccccc5n4-c4ccccc4)c32)c(-n2c3ccccc3c3ccc4c(c5ccccc5n4-c4ccccc4)c32)cc1C#N. The molecule has 0 fully saturated rings. The summed E-state index contributed by atoms with van der Waals surface area (Å²) in [6.45, 7) is 1.69. The molecule has 71 heavy (non-hydrogen) atoms. The molecule has 0 spiro atoms. The zero-order valence-corrected chi connectivity index (χ0v) is 38.1. The molecule has 0 unspecified atom stereocenters. The molecule has 14 rings (SSSR count). The van der Waals surface area contributed by atoms with Crippen molar-refractivity contribution in [2.75, 3.05) is 0 Å². The van der Waals surface area contributed by atoms with Gasteiger partial charge in [0.05, 0.1) is 72.7 Å². The van der Waals surface area contributed by atoms with Gasteiger partial charge in [-0.15, -0.1) is 0 Å². The van der Waals surface area contributed by atoms with Gasteiger partial charge >= 0.3 is 6.18 Å². The Kier molecular flexibility index (Phi) is 8.65. The van der Waals surface area contributed by atoms with Crippen molar-refractivity contribution >= 4 is 87.2 Å². The van der Waals surface area contributed by atoms with Gasteiger partial charge < -0.3 is 18.3 Å². The normalized spacial score (nSPS) is 12.2. The summed E-state index contributed by atoms with van der Waals surface area (Å²) in [6, 6.07) is 73.0. The van der Waals surface area contributed by atoms with Crippen molar-refractivity contribution in [3.05, 3.63) is 229 Å². The number of nitriles is 1. The standard InChI is InChI=1S/C63H38F3N5/c1-38-17-16-26-49(63(64,65)66)58(38)48-36-57(71-51-28-13-9-23-43(51)45-32-34-55-60(62(45)71)47-25-11-15-30-53(47)69(55)41-20-6-3-7-21-41)56(35-39(48)37-67)70-50-27-12-8-22-42(50)44-31-33-54-59(61(44)70)46-24-10-14-29-52(46)68(54)40-18-4-2-5-19-40/h2-36H,1H3. The fraction of sp³-hybridized carbons (Fsp3) is 0.0317. The van der Waals surface area contributed by atoms with Crippen molar-refractivity contribution in [1.82, 2.24) is 18.3 Å². The Labute approximate surface area is 404 Å². The van der Waals surface area contributed by atoms with Gasteiger partial charge in [0.25, 0.3) is 0 Å². The average molecular weight is 922 g/mol. The summed E-state index contributed by atoms with van der Waals surface area (Å²) in [5.41, 5.74) is 10.8. The summed E-state index contributed by atoms with van der Waals surface area (Å²) in [4.78, 5) is 0. The molecule has 4 aromatic heterocycles. The number of nitrogens with zero attached hydrogens (tertiary/aromatic N) is 5. The van der Waals surface area contributed by atoms with E-state index >= 15 is 13.2 Å². The van der Waals surface area contributed by atoms with Gasteiger partial charge in [0.2, 0.25) is 0 Å². The molecule has 0 aliphatic carbocycles. The molecule has 10 aromatic carbocycles. The molecule has 0 radical (unpaired) electrons. The highest BCUT2D eigenvalue weighted by molar-refractivity contribution is 6.28. The minimum absolute atomic E-state index is 0.0218. The fourth-order valence-corrected chi connectivity index (χ4v) is 11.7. The van der Waals surface area contributed by atoms with Crippen LogP contribution in [0, 0.1) is 18.3 Å². The average Bonchev–Trinajstić information content (AvgIpc) is 4.14. The highest BCUT2D eigenvalue weighted by atomic mass is 19.4. The lowest BCUT2D eigenvalue weighted by Crippen LogP contribution is -2.10. The van der Waals surface area contributed by atoms with E-state index in [4.69, 9.17) is 0 Å². The quantitative estimate of drug-likeness (QED) is 0.170. The van der Waals surface area contributed by atoms with Crippen molar-refractivity contribution < 1.29 is 13.2 Å². The van der Waals surface area contributed by atoms with Gasteiger partial charge in [-0.25, -0.2) is 0 Å². The van der Waals surface area contributed by atoms with Gasteiger partial charge in [0, 0.05) is 60.0 Å². The van der Waals surface area contributed by atoms with E-state index in [1.54, 1.807) is 13.0 Å². The van der Waals surface area contributed by atoms with Crippen molar-refractivity contribution in [2.45, 2.75) is 13.1 Å². The first-order valence-electron chi connectivity index (χ1n) is 23.6. The maximum Gasteiger partial charge on any atom is 0.417 e. The smallest absolute Gasteiger partial charge is 0.309 e. The molecule has 0 aliphatic heterocycles. The first kappa shape index (κ1) is 40.7. The van der Waals surface area contributed by atoms with Crippen LogP contribution in [0.25, 0.3) is 121 Å². The van der Waals surface area contributed by atoms with E-state index in [9.17, 15) is 5.26 Å². The Morgan fingerprint density at radius 3 is 1.28 bits per heavy atom. The number of alkyl halides is 3. The molecule has 8 heteroatoms. The Morgan fingerprint density at radius 2 is 0.817 bits per heavy atom. The molecule has 0 atom stereocenters. The zero-order chi connectivity index (χ0) is 47.7. The zero-order valence-electron chi connectivity index (χ0n) is 38.1. The monoisotopic (exact) mass is 921 g/mol. The molecule has 0 aliphatic rings. The molecular weight excluding hydrogens is 884 g/mol. The van der Waals surface area contributed by atoms with Crippen molar-refractivity contribution in [3.8, 4) is 39.9 Å². The maximum atomic E-state index is 15.4. The van der Waals surface area contributed by atoms with E-state index in [2.05, 4.69) is 146 Å². The van der Waals surface area contributed by atoms with E-state index in [-0.39, 0.29) is 16.7 Å². The molecule has 0 bridgehead atoms. The summed E-state index contributed by atoms with van der Waals surface area (Å²) in [7, 11) is 0. The summed E-state index contributed by atoms with van der Waals surface area (Å²) in [5, 5.41) is 19.4. The molecule has 0 saturated carbocycles. The van der Waals surface area contributed by atoms with Crippen LogP contribution >= 0.6 is 0 Å². The Bertz CT molecular complexity index is 4580. The van der Waals surface area contributed by atoms with Crippen LogP contribution in [0.4, 0.5) is 13.2 Å². The topological polar surface area (TPSA) is 43.5 Å². The van der Waals surface area contributed by atoms with Crippen LogP contribution in [-0.2, 0) is 6.18 Å². The third-order valence-corrected chi connectivity index (χ3v) is 14.5. The molecule has 4 heterocycles. The first-order chi connectivity index (χ1) is 34.8. The second-order valence-corrected chi connectivity index (χ2v) is 18.3. The summed E-state index contributed by atoms with van der Waals surface area (Å²) < 4.78 is 55.2. The number of aromatic nitrogens is 4. The van der Waals surface area contributed by atoms with Gasteiger partial charge in [-0.05, 0) is 96.9 Å². The minimum Gasteiger partial charge on any atom is -0.309 e. The molecule has 14 aromatic rings. The van der Waals surface area contributed by atoms with Crippen molar-refractivity contribution in [3.63, 3.8) is 0 Å². The van der Waals surface area contributed by atoms with Crippen LogP contribution in [0.5, 0.6) is 0 Å². The lowest BCUT2D eigenvalue weighted by Gasteiger charge is -2.22. The van der Waals surface area contributed by atoms with Crippen LogP contribution in [0.1, 0.15) is 16.7 Å². The molecule has 0 N–H and O–H groups in total. The molecule has 5 nitrogen and oxygen atoms in total. The Balaban J connectivity index is 1.23. The predicted molar refractivity (Wildman–Crippen MR) is 284 cm³/mol. The third kappa shape index (κ3) is 5.75. The van der Waals surface area contributed by atoms with Gasteiger partial charge in [-0.3, -0.25) is 0 Å². The second-order valence-electron chi connectivity index (χ2n) is 18.3. The first-order valence-corrected chi connectivity index (χ1v) is 23.6. The van der Waals surface area contributed by atoms with Crippen LogP contribution in [0.2, 0.25) is 0 Å². The van der Waals surface area contributed by atoms with Crippen molar-refractivity contribution in [2.24, 2.45) is 0 Å². The molecule has 0 amide bonds. The van der Waals surface area contributed by atoms with E-state index < -0.39 is 11.7 Å². The summed E-state index contributed by atoms with van der Waals surface area (Å²) >= 11 is 0. The second kappa shape index (κ2) is 15.1. The summed E-state index contributed by atoms with van der Waals surface area (Å²) in [5.74, 6) is 0. The van der Waals surface area contributed by atoms with Gasteiger partial charge in [0.1, 0.15) is 0 Å². The number of hydrogen-bond donors (Lipinski definition) is 0. The number of rotatable bonds is 5. The lowest BCUT2D eigenvalue weighted by atomic mass is 9.90. The largest absolute Gasteiger partial charge is 0.417 e. The van der Waals surface area contributed by atoms with Crippen LogP contribution < -0.4 is 0 Å². The van der Waals surface area contributed by atoms with E-state index in [1.807, 2.05) is 72.8 Å². The summed E-state index contributed by atoms with van der Waals surface area (Å²) in [6.07, 6.45) is -4.70. The lowest BCUT2D eigenvalue weighted by molar-refractivity contribution is -0.137. The van der Waals surface area contributed by atoms with Gasteiger partial charge in [0.15, 0.2) is 0 Å². The van der Waals surface area contributed by atoms with Crippen LogP contribution in [0.15, 0.2) is 212 Å². The number of aryl methyl sites for hydroxylation is 1.